The van der Waals surface area contributed by atoms with E-state index >= 15 is 0 Å². The lowest BCUT2D eigenvalue weighted by Crippen LogP contribution is -2.48. The Labute approximate surface area is 193 Å². The smallest absolute Gasteiger partial charge is 0.407 e. The first kappa shape index (κ1) is 24.3. The zero-order valence-electron chi connectivity index (χ0n) is 19.0. The quantitative estimate of drug-likeness (QED) is 0.486. The van der Waals surface area contributed by atoms with Crippen LogP contribution in [0.3, 0.4) is 0 Å². The predicted octanol–water partition coefficient (Wildman–Crippen LogP) is 2.89. The number of carboxylic acids is 1. The van der Waals surface area contributed by atoms with Crippen molar-refractivity contribution in [3.05, 3.63) is 59.7 Å². The molecule has 0 bridgehead atoms. The van der Waals surface area contributed by atoms with Crippen molar-refractivity contribution >= 4 is 18.0 Å². The molecule has 0 heterocycles. The highest BCUT2D eigenvalue weighted by molar-refractivity contribution is 5.80. The molecule has 2 aromatic rings. The molecule has 0 saturated carbocycles. The van der Waals surface area contributed by atoms with Crippen LogP contribution in [0.4, 0.5) is 4.79 Å². The van der Waals surface area contributed by atoms with Crippen LogP contribution in [-0.4, -0.2) is 53.5 Å². The molecule has 2 amide bonds. The zero-order chi connectivity index (χ0) is 24.2. The topological polar surface area (TPSA) is 125 Å². The Kier molecular flexibility index (Phi) is 7.38. The lowest BCUT2D eigenvalue weighted by atomic mass is 9.84. The van der Waals surface area contributed by atoms with Crippen LogP contribution in [0.2, 0.25) is 0 Å². The average Bonchev–Trinajstić information content (AvgIpc) is 3.08. The molecular formula is C25H30N2O6. The number of hydrogen-bond acceptors (Lipinski definition) is 5. The molecule has 0 spiro atoms. The van der Waals surface area contributed by atoms with Crippen molar-refractivity contribution < 1.29 is 29.3 Å². The zero-order valence-corrected chi connectivity index (χ0v) is 19.0. The highest BCUT2D eigenvalue weighted by atomic mass is 16.5. The summed E-state index contributed by atoms with van der Waals surface area (Å²) in [5, 5.41) is 23.2. The highest BCUT2D eigenvalue weighted by Crippen LogP contribution is 2.44. The van der Waals surface area contributed by atoms with E-state index in [-0.39, 0.29) is 18.9 Å². The van der Waals surface area contributed by atoms with Crippen LogP contribution >= 0.6 is 0 Å². The van der Waals surface area contributed by atoms with Crippen LogP contribution in [0.5, 0.6) is 0 Å². The molecule has 0 aromatic heterocycles. The molecule has 8 heteroatoms. The van der Waals surface area contributed by atoms with Crippen LogP contribution in [0.25, 0.3) is 11.1 Å². The second-order valence-corrected chi connectivity index (χ2v) is 9.25. The fourth-order valence-electron chi connectivity index (χ4n) is 3.91. The Hall–Kier alpha value is -3.39. The third-order valence-corrected chi connectivity index (χ3v) is 5.85. The number of rotatable bonds is 8. The van der Waals surface area contributed by atoms with Gasteiger partial charge in [0.05, 0.1) is 6.54 Å². The van der Waals surface area contributed by atoms with Gasteiger partial charge in [-0.15, -0.1) is 0 Å². The summed E-state index contributed by atoms with van der Waals surface area (Å²) in [6.07, 6.45) is -2.40. The molecule has 0 fully saturated rings. The van der Waals surface area contributed by atoms with Crippen LogP contribution in [-0.2, 0) is 14.3 Å². The van der Waals surface area contributed by atoms with Gasteiger partial charge in [0.2, 0.25) is 5.91 Å². The number of amides is 2. The Morgan fingerprint density at radius 1 is 1.00 bits per heavy atom. The van der Waals surface area contributed by atoms with E-state index in [1.54, 1.807) is 0 Å². The largest absolute Gasteiger partial charge is 0.479 e. The van der Waals surface area contributed by atoms with Gasteiger partial charge < -0.3 is 25.6 Å². The first-order chi connectivity index (χ1) is 15.6. The molecule has 2 atom stereocenters. The Bertz CT molecular complexity index is 984. The maximum absolute atomic E-state index is 12.6. The number of aliphatic carboxylic acids is 1. The molecule has 1 aliphatic rings. The molecule has 33 heavy (non-hydrogen) atoms. The summed E-state index contributed by atoms with van der Waals surface area (Å²) in [7, 11) is 0. The summed E-state index contributed by atoms with van der Waals surface area (Å²) in [5.74, 6) is -1.97. The van der Waals surface area contributed by atoms with E-state index in [4.69, 9.17) is 9.84 Å². The van der Waals surface area contributed by atoms with Gasteiger partial charge in [0.15, 0.2) is 6.10 Å². The molecular weight excluding hydrogens is 424 g/mol. The van der Waals surface area contributed by atoms with Crippen molar-refractivity contribution in [2.45, 2.75) is 45.3 Å². The monoisotopic (exact) mass is 454 g/mol. The number of hydrogen-bond donors (Lipinski definition) is 4. The van der Waals surface area contributed by atoms with Gasteiger partial charge in [0.25, 0.3) is 0 Å². The third-order valence-electron chi connectivity index (χ3n) is 5.85. The van der Waals surface area contributed by atoms with E-state index in [9.17, 15) is 19.5 Å². The molecule has 4 N–H and O–H groups in total. The SMILES string of the molecule is CC(C)(C)C(CC(=O)NC[C@H](O)C(=O)O)NC(=O)OCC1c2ccccc2-c2ccccc21. The standard InChI is InChI=1S/C25H30N2O6/c1-25(2,3)21(12-22(29)26-13-20(28)23(30)31)27-24(32)33-14-19-17-10-6-4-8-15(17)16-9-5-7-11-18(16)19/h4-11,19-21,28H,12-14H2,1-3H3,(H,26,29)(H,27,32)(H,30,31)/t20-,21?/m0/s1. The number of carbonyl (C=O) groups excluding carboxylic acids is 2. The summed E-state index contributed by atoms with van der Waals surface area (Å²) >= 11 is 0. The molecule has 0 radical (unpaired) electrons. The molecule has 0 saturated heterocycles. The van der Waals surface area contributed by atoms with E-state index in [0.29, 0.717) is 0 Å². The van der Waals surface area contributed by atoms with Crippen molar-refractivity contribution in [2.75, 3.05) is 13.2 Å². The van der Waals surface area contributed by atoms with E-state index < -0.39 is 42.1 Å². The maximum atomic E-state index is 12.6. The van der Waals surface area contributed by atoms with Gasteiger partial charge in [0.1, 0.15) is 6.61 Å². The van der Waals surface area contributed by atoms with E-state index in [0.717, 1.165) is 22.3 Å². The normalized spacial score (nSPS) is 14.5. The highest BCUT2D eigenvalue weighted by Gasteiger charge is 2.32. The molecule has 1 aliphatic carbocycles. The van der Waals surface area contributed by atoms with Crippen LogP contribution in [0, 0.1) is 5.41 Å². The minimum absolute atomic E-state index is 0.0722. The summed E-state index contributed by atoms with van der Waals surface area (Å²) in [6, 6.07) is 15.5. The molecule has 3 rings (SSSR count). The number of aliphatic hydroxyl groups excluding tert-OH is 1. The van der Waals surface area contributed by atoms with Crippen molar-refractivity contribution in [1.29, 1.82) is 0 Å². The fourth-order valence-corrected chi connectivity index (χ4v) is 3.91. The number of carbonyl (C=O) groups is 3. The van der Waals surface area contributed by atoms with Crippen molar-refractivity contribution in [2.24, 2.45) is 5.41 Å². The number of alkyl carbamates (subject to hydrolysis) is 1. The number of ether oxygens (including phenoxy) is 1. The molecule has 176 valence electrons. The minimum atomic E-state index is -1.68. The Balaban J connectivity index is 1.61. The number of benzene rings is 2. The lowest BCUT2D eigenvalue weighted by molar-refractivity contribution is -0.146. The first-order valence-corrected chi connectivity index (χ1v) is 10.9. The summed E-state index contributed by atoms with van der Waals surface area (Å²) in [4.78, 5) is 35.6. The van der Waals surface area contributed by atoms with Crippen LogP contribution < -0.4 is 10.6 Å². The lowest BCUT2D eigenvalue weighted by Gasteiger charge is -2.31. The minimum Gasteiger partial charge on any atom is -0.479 e. The second-order valence-electron chi connectivity index (χ2n) is 9.25. The van der Waals surface area contributed by atoms with E-state index in [2.05, 4.69) is 22.8 Å². The second kappa shape index (κ2) is 10.0. The van der Waals surface area contributed by atoms with Gasteiger partial charge in [-0.05, 0) is 27.7 Å². The number of aliphatic hydroxyl groups is 1. The van der Waals surface area contributed by atoms with Gasteiger partial charge in [-0.3, -0.25) is 4.79 Å². The van der Waals surface area contributed by atoms with E-state index in [1.165, 1.54) is 0 Å². The Morgan fingerprint density at radius 3 is 2.06 bits per heavy atom. The first-order valence-electron chi connectivity index (χ1n) is 10.9. The average molecular weight is 455 g/mol. The van der Waals surface area contributed by atoms with E-state index in [1.807, 2.05) is 57.2 Å². The van der Waals surface area contributed by atoms with Crippen molar-refractivity contribution in [1.82, 2.24) is 10.6 Å². The third kappa shape index (κ3) is 5.90. The van der Waals surface area contributed by atoms with Gasteiger partial charge in [-0.2, -0.15) is 0 Å². The molecule has 2 aromatic carbocycles. The predicted molar refractivity (Wildman–Crippen MR) is 123 cm³/mol. The number of carboxylic acid groups (broad SMARTS) is 1. The number of fused-ring (bicyclic) bond motifs is 3. The van der Waals surface area contributed by atoms with Gasteiger partial charge in [0, 0.05) is 18.4 Å². The molecule has 0 aliphatic heterocycles. The van der Waals surface area contributed by atoms with Gasteiger partial charge in [-0.25, -0.2) is 9.59 Å². The van der Waals surface area contributed by atoms with Gasteiger partial charge in [-0.1, -0.05) is 69.3 Å². The van der Waals surface area contributed by atoms with Gasteiger partial charge >= 0.3 is 12.1 Å². The molecule has 8 nitrogen and oxygen atoms in total. The number of nitrogens with one attached hydrogen (secondary N) is 2. The van der Waals surface area contributed by atoms with Crippen molar-refractivity contribution in [3.8, 4) is 11.1 Å². The summed E-state index contributed by atoms with van der Waals surface area (Å²) in [6.45, 7) is 5.38. The van der Waals surface area contributed by atoms with Crippen LogP contribution in [0.15, 0.2) is 48.5 Å². The summed E-state index contributed by atoms with van der Waals surface area (Å²) in [5.41, 5.74) is 4.02. The molecule has 1 unspecified atom stereocenters. The summed E-state index contributed by atoms with van der Waals surface area (Å²) < 4.78 is 5.58. The van der Waals surface area contributed by atoms with Crippen molar-refractivity contribution in [3.63, 3.8) is 0 Å². The van der Waals surface area contributed by atoms with Crippen LogP contribution in [0.1, 0.15) is 44.2 Å². The fraction of sp³-hybridized carbons (Fsp3) is 0.400. The Morgan fingerprint density at radius 2 is 1.55 bits per heavy atom. The maximum Gasteiger partial charge on any atom is 0.407 e.